The van der Waals surface area contributed by atoms with Crippen molar-refractivity contribution in [3.05, 3.63) is 68.9 Å². The molecule has 4 rings (SSSR count). The lowest BCUT2D eigenvalue weighted by molar-refractivity contribution is -0.384. The number of carbonyl (C=O) groups is 2. The van der Waals surface area contributed by atoms with Crippen molar-refractivity contribution in [3.63, 3.8) is 0 Å². The number of ether oxygens (including phenoxy) is 1. The van der Waals surface area contributed by atoms with Crippen molar-refractivity contribution in [2.45, 2.75) is 19.4 Å². The van der Waals surface area contributed by atoms with Crippen molar-refractivity contribution in [1.82, 2.24) is 9.47 Å². The number of aryl methyl sites for hydroxylation is 1. The molecule has 1 fully saturated rings. The van der Waals surface area contributed by atoms with Gasteiger partial charge < -0.3 is 19.0 Å². The largest absolute Gasteiger partial charge is 0.456 e. The third-order valence-electron chi connectivity index (χ3n) is 5.81. The molecule has 35 heavy (non-hydrogen) atoms. The van der Waals surface area contributed by atoms with E-state index in [9.17, 15) is 28.9 Å². The summed E-state index contributed by atoms with van der Waals surface area (Å²) in [5.41, 5.74) is 1.18. The van der Waals surface area contributed by atoms with Crippen LogP contribution in [0.3, 0.4) is 0 Å². The Morgan fingerprint density at radius 2 is 1.80 bits per heavy atom. The summed E-state index contributed by atoms with van der Waals surface area (Å²) >= 11 is 0. The van der Waals surface area contributed by atoms with Gasteiger partial charge in [-0.05, 0) is 36.8 Å². The molecule has 1 aliphatic heterocycles. The Balaban J connectivity index is 1.20. The fourth-order valence-electron chi connectivity index (χ4n) is 3.93. The Kier molecular flexibility index (Phi) is 7.09. The van der Waals surface area contributed by atoms with Gasteiger partial charge in [0.05, 0.1) is 16.5 Å². The number of hydrogen-bond acceptors (Lipinski definition) is 8. The molecule has 3 aromatic rings. The van der Waals surface area contributed by atoms with Crippen LogP contribution in [0.1, 0.15) is 12.8 Å². The molecule has 0 unspecified atom stereocenters. The molecule has 1 saturated heterocycles. The molecule has 0 aliphatic carbocycles. The minimum Gasteiger partial charge on any atom is -0.456 e. The zero-order chi connectivity index (χ0) is 24.9. The number of benzene rings is 2. The number of esters is 1. The van der Waals surface area contributed by atoms with Crippen LogP contribution in [0, 0.1) is 15.9 Å². The molecule has 0 N–H and O–H groups in total. The first kappa shape index (κ1) is 23.9. The van der Waals surface area contributed by atoms with Gasteiger partial charge in [0.2, 0.25) is 0 Å². The molecule has 0 atom stereocenters. The first-order chi connectivity index (χ1) is 16.8. The normalized spacial score (nSPS) is 13.7. The number of anilines is 1. The summed E-state index contributed by atoms with van der Waals surface area (Å²) in [5, 5.41) is 10.9. The highest BCUT2D eigenvalue weighted by Crippen LogP contribution is 2.20. The number of oxazole rings is 1. The Morgan fingerprint density at radius 1 is 1.09 bits per heavy atom. The van der Waals surface area contributed by atoms with E-state index in [1.807, 2.05) is 0 Å². The van der Waals surface area contributed by atoms with Crippen LogP contribution >= 0.6 is 0 Å². The number of amides is 1. The van der Waals surface area contributed by atoms with Gasteiger partial charge in [-0.25, -0.2) is 9.18 Å². The van der Waals surface area contributed by atoms with Crippen molar-refractivity contribution in [2.24, 2.45) is 0 Å². The van der Waals surface area contributed by atoms with Crippen LogP contribution in [0.25, 0.3) is 11.1 Å². The molecule has 11 nitrogen and oxygen atoms in total. The molecule has 0 saturated carbocycles. The number of aromatic nitrogens is 1. The van der Waals surface area contributed by atoms with E-state index < -0.39 is 16.6 Å². The predicted octanol–water partition coefficient (Wildman–Crippen LogP) is 2.31. The molecule has 1 aromatic heterocycles. The second-order valence-corrected chi connectivity index (χ2v) is 8.04. The Labute approximate surface area is 198 Å². The van der Waals surface area contributed by atoms with Gasteiger partial charge in [0, 0.05) is 50.9 Å². The topological polar surface area (TPSA) is 128 Å². The van der Waals surface area contributed by atoms with Crippen LogP contribution in [0.2, 0.25) is 0 Å². The molecule has 184 valence electrons. The summed E-state index contributed by atoms with van der Waals surface area (Å²) in [5.74, 6) is -1.85. The fourth-order valence-corrected chi connectivity index (χ4v) is 3.93. The number of hydrogen-bond donors (Lipinski definition) is 0. The molecule has 2 aromatic carbocycles. The lowest BCUT2D eigenvalue weighted by Crippen LogP contribution is -2.49. The number of nitro groups is 1. The molecule has 0 spiro atoms. The number of nitro benzene ring substituents is 1. The smallest absolute Gasteiger partial charge is 0.419 e. The Hall–Kier alpha value is -4.22. The van der Waals surface area contributed by atoms with Gasteiger partial charge in [0.15, 0.2) is 12.2 Å². The summed E-state index contributed by atoms with van der Waals surface area (Å²) < 4.78 is 24.5. The van der Waals surface area contributed by atoms with Crippen LogP contribution in [-0.2, 0) is 20.9 Å². The van der Waals surface area contributed by atoms with Crippen LogP contribution in [0.5, 0.6) is 0 Å². The highest BCUT2D eigenvalue weighted by atomic mass is 19.1. The average Bonchev–Trinajstić information content (AvgIpc) is 3.17. The highest BCUT2D eigenvalue weighted by Gasteiger charge is 2.22. The summed E-state index contributed by atoms with van der Waals surface area (Å²) in [6.45, 7) is 1.88. The lowest BCUT2D eigenvalue weighted by Gasteiger charge is -2.36. The molecular formula is C23H23FN4O7. The van der Waals surface area contributed by atoms with E-state index >= 15 is 0 Å². The number of halogens is 1. The number of carbonyl (C=O) groups excluding carboxylic acids is 2. The third kappa shape index (κ3) is 5.65. The predicted molar refractivity (Wildman–Crippen MR) is 123 cm³/mol. The van der Waals surface area contributed by atoms with Gasteiger partial charge in [-0.3, -0.25) is 24.3 Å². The maximum atomic E-state index is 13.1. The first-order valence-electron chi connectivity index (χ1n) is 11.0. The number of non-ortho nitro benzene ring substituents is 1. The van der Waals surface area contributed by atoms with Crippen LogP contribution in [-0.4, -0.2) is 59.1 Å². The number of piperazine rings is 1. The maximum Gasteiger partial charge on any atom is 0.419 e. The van der Waals surface area contributed by atoms with E-state index in [4.69, 9.17) is 9.15 Å². The molecular weight excluding hydrogens is 463 g/mol. The van der Waals surface area contributed by atoms with Gasteiger partial charge >= 0.3 is 11.7 Å². The van der Waals surface area contributed by atoms with Gasteiger partial charge in [-0.2, -0.15) is 0 Å². The second-order valence-electron chi connectivity index (χ2n) is 8.04. The monoisotopic (exact) mass is 486 g/mol. The van der Waals surface area contributed by atoms with Crippen molar-refractivity contribution in [2.75, 3.05) is 37.7 Å². The van der Waals surface area contributed by atoms with E-state index in [1.165, 1.54) is 34.9 Å². The SMILES string of the molecule is O=C(CCCn1c(=O)oc2cc([N+](=O)[O-])ccc21)OCC(=O)N1CCN(c2ccc(F)cc2)CC1. The van der Waals surface area contributed by atoms with E-state index in [1.54, 1.807) is 17.0 Å². The molecule has 2 heterocycles. The fraction of sp³-hybridized carbons (Fsp3) is 0.348. The van der Waals surface area contributed by atoms with Gasteiger partial charge in [0.1, 0.15) is 5.82 Å². The first-order valence-corrected chi connectivity index (χ1v) is 11.0. The quantitative estimate of drug-likeness (QED) is 0.270. The summed E-state index contributed by atoms with van der Waals surface area (Å²) in [6, 6.07) is 10.0. The lowest BCUT2D eigenvalue weighted by atomic mass is 10.2. The molecule has 0 bridgehead atoms. The zero-order valence-electron chi connectivity index (χ0n) is 18.7. The van der Waals surface area contributed by atoms with E-state index in [0.29, 0.717) is 31.7 Å². The van der Waals surface area contributed by atoms with Crippen molar-refractivity contribution < 1.29 is 28.1 Å². The summed E-state index contributed by atoms with van der Waals surface area (Å²) in [4.78, 5) is 50.5. The third-order valence-corrected chi connectivity index (χ3v) is 5.81. The summed E-state index contributed by atoms with van der Waals surface area (Å²) in [7, 11) is 0. The van der Waals surface area contributed by atoms with Crippen LogP contribution in [0.15, 0.2) is 51.7 Å². The number of fused-ring (bicyclic) bond motifs is 1. The zero-order valence-corrected chi connectivity index (χ0v) is 18.7. The van der Waals surface area contributed by atoms with Crippen LogP contribution < -0.4 is 10.7 Å². The maximum absolute atomic E-state index is 13.1. The Morgan fingerprint density at radius 3 is 2.49 bits per heavy atom. The molecule has 1 amide bonds. The van der Waals surface area contributed by atoms with E-state index in [0.717, 1.165) is 5.69 Å². The minimum absolute atomic E-state index is 0.0162. The second kappa shape index (κ2) is 10.4. The van der Waals surface area contributed by atoms with Gasteiger partial charge in [-0.1, -0.05) is 0 Å². The van der Waals surface area contributed by atoms with E-state index in [2.05, 4.69) is 4.90 Å². The molecule has 1 aliphatic rings. The molecule has 12 heteroatoms. The Bertz CT molecular complexity index is 1290. The average molecular weight is 486 g/mol. The van der Waals surface area contributed by atoms with Crippen molar-refractivity contribution >= 4 is 34.4 Å². The van der Waals surface area contributed by atoms with Crippen LogP contribution in [0.4, 0.5) is 15.8 Å². The van der Waals surface area contributed by atoms with Gasteiger partial charge in [0.25, 0.3) is 11.6 Å². The standard InChI is InChI=1S/C23H23FN4O7/c24-16-3-5-17(6-4-16)25-10-12-26(13-11-25)21(29)15-34-22(30)2-1-9-27-19-8-7-18(28(32)33)14-20(19)35-23(27)31/h3-8,14H,1-2,9-13,15H2. The molecule has 0 radical (unpaired) electrons. The number of rotatable bonds is 8. The number of nitrogens with zero attached hydrogens (tertiary/aromatic N) is 4. The van der Waals surface area contributed by atoms with Crippen molar-refractivity contribution in [1.29, 1.82) is 0 Å². The van der Waals surface area contributed by atoms with Crippen molar-refractivity contribution in [3.8, 4) is 0 Å². The van der Waals surface area contributed by atoms with Gasteiger partial charge in [-0.15, -0.1) is 0 Å². The van der Waals surface area contributed by atoms with E-state index in [-0.39, 0.29) is 49.0 Å². The minimum atomic E-state index is -0.677. The highest BCUT2D eigenvalue weighted by molar-refractivity contribution is 5.81. The summed E-state index contributed by atoms with van der Waals surface area (Å²) in [6.07, 6.45) is 0.243.